The number of amides is 2. The van der Waals surface area contributed by atoms with Gasteiger partial charge >= 0.3 is 0 Å². The molecule has 190 valence electrons. The Labute approximate surface area is 215 Å². The predicted octanol–water partition coefficient (Wildman–Crippen LogP) is 4.65. The summed E-state index contributed by atoms with van der Waals surface area (Å²) in [7, 11) is 2.08. The molecular weight excluding hydrogens is 470 g/mol. The molecule has 2 aliphatic heterocycles. The van der Waals surface area contributed by atoms with E-state index in [2.05, 4.69) is 32.9 Å². The fourth-order valence-corrected chi connectivity index (χ4v) is 4.74. The second-order valence-electron chi connectivity index (χ2n) is 9.92. The van der Waals surface area contributed by atoms with Gasteiger partial charge in [0, 0.05) is 24.0 Å². The monoisotopic (exact) mass is 499 g/mol. The molecule has 3 N–H and O–H groups in total. The van der Waals surface area contributed by atoms with Crippen molar-refractivity contribution < 1.29 is 19.1 Å². The number of anilines is 3. The van der Waals surface area contributed by atoms with E-state index in [1.807, 2.05) is 24.3 Å². The summed E-state index contributed by atoms with van der Waals surface area (Å²) in [5.41, 5.74) is 0.488. The Hall–Kier alpha value is -4.11. The van der Waals surface area contributed by atoms with Crippen molar-refractivity contribution in [3.8, 4) is 23.0 Å². The largest absolute Gasteiger partial charge is 0.453 e. The maximum atomic E-state index is 13.0. The SMILES string of the molecule is CN1CCC(NC(=O)C2(C(=O)Nc3ccc(Oc4ccnc5c4Oc4ccccc4N5)cc3)CC2)CC1. The number of hydrogen-bond acceptors (Lipinski definition) is 7. The Morgan fingerprint density at radius 2 is 1.81 bits per heavy atom. The van der Waals surface area contributed by atoms with Gasteiger partial charge in [-0.2, -0.15) is 0 Å². The summed E-state index contributed by atoms with van der Waals surface area (Å²) in [6.07, 6.45) is 4.62. The lowest BCUT2D eigenvalue weighted by Crippen LogP contribution is -2.48. The van der Waals surface area contributed by atoms with E-state index in [-0.39, 0.29) is 17.9 Å². The molecule has 6 rings (SSSR count). The van der Waals surface area contributed by atoms with Crippen molar-refractivity contribution in [2.75, 3.05) is 30.8 Å². The van der Waals surface area contributed by atoms with Crippen LogP contribution in [0.3, 0.4) is 0 Å². The normalized spacial score (nSPS) is 17.9. The van der Waals surface area contributed by atoms with Crippen molar-refractivity contribution in [3.05, 3.63) is 60.8 Å². The predicted molar refractivity (Wildman–Crippen MR) is 140 cm³/mol. The molecule has 0 unspecified atom stereocenters. The van der Waals surface area contributed by atoms with Crippen LogP contribution in [-0.4, -0.2) is 47.9 Å². The number of pyridine rings is 1. The number of likely N-dealkylation sites (tertiary alicyclic amines) is 1. The second-order valence-corrected chi connectivity index (χ2v) is 9.92. The number of benzene rings is 2. The van der Waals surface area contributed by atoms with Crippen LogP contribution in [0.4, 0.5) is 17.2 Å². The van der Waals surface area contributed by atoms with Gasteiger partial charge < -0.3 is 30.3 Å². The number of nitrogens with one attached hydrogen (secondary N) is 3. The van der Waals surface area contributed by atoms with E-state index >= 15 is 0 Å². The number of fused-ring (bicyclic) bond motifs is 2. The summed E-state index contributed by atoms with van der Waals surface area (Å²) in [4.78, 5) is 32.6. The zero-order valence-electron chi connectivity index (χ0n) is 20.6. The maximum Gasteiger partial charge on any atom is 0.240 e. The first-order valence-corrected chi connectivity index (χ1v) is 12.6. The minimum Gasteiger partial charge on any atom is -0.453 e. The highest BCUT2D eigenvalue weighted by Gasteiger charge is 2.56. The molecule has 1 saturated heterocycles. The Bertz CT molecular complexity index is 1330. The lowest BCUT2D eigenvalue weighted by molar-refractivity contribution is -0.135. The van der Waals surface area contributed by atoms with Gasteiger partial charge in [-0.3, -0.25) is 9.59 Å². The van der Waals surface area contributed by atoms with Gasteiger partial charge in [0.05, 0.1) is 5.69 Å². The number of aromatic nitrogens is 1. The van der Waals surface area contributed by atoms with Crippen LogP contribution in [0.2, 0.25) is 0 Å². The van der Waals surface area contributed by atoms with Crippen LogP contribution in [0.15, 0.2) is 60.8 Å². The van der Waals surface area contributed by atoms with Gasteiger partial charge in [0.25, 0.3) is 0 Å². The van der Waals surface area contributed by atoms with Crippen LogP contribution >= 0.6 is 0 Å². The number of para-hydroxylation sites is 2. The summed E-state index contributed by atoms with van der Waals surface area (Å²) in [6.45, 7) is 1.91. The van der Waals surface area contributed by atoms with E-state index in [1.54, 1.807) is 36.5 Å². The molecule has 0 bridgehead atoms. The van der Waals surface area contributed by atoms with E-state index in [4.69, 9.17) is 9.47 Å². The number of hydrogen-bond donors (Lipinski definition) is 3. The third kappa shape index (κ3) is 4.70. The van der Waals surface area contributed by atoms with Gasteiger partial charge in [0.1, 0.15) is 11.2 Å². The quantitative estimate of drug-likeness (QED) is 0.332. The van der Waals surface area contributed by atoms with Gasteiger partial charge in [-0.25, -0.2) is 4.98 Å². The summed E-state index contributed by atoms with van der Waals surface area (Å²) in [6, 6.07) is 16.6. The Morgan fingerprint density at radius 1 is 1.05 bits per heavy atom. The molecule has 3 aromatic rings. The van der Waals surface area contributed by atoms with Gasteiger partial charge in [0.15, 0.2) is 17.3 Å². The lowest BCUT2D eigenvalue weighted by Gasteiger charge is -2.30. The fraction of sp³-hybridized carbons (Fsp3) is 0.321. The molecule has 3 aliphatic rings. The molecule has 1 saturated carbocycles. The average Bonchev–Trinajstić information content (AvgIpc) is 3.73. The smallest absolute Gasteiger partial charge is 0.240 e. The molecule has 37 heavy (non-hydrogen) atoms. The highest BCUT2D eigenvalue weighted by atomic mass is 16.5. The van der Waals surface area contributed by atoms with Crippen molar-refractivity contribution in [2.24, 2.45) is 5.41 Å². The van der Waals surface area contributed by atoms with Crippen molar-refractivity contribution in [3.63, 3.8) is 0 Å². The van der Waals surface area contributed by atoms with E-state index in [0.717, 1.165) is 31.6 Å². The number of nitrogens with zero attached hydrogens (tertiary/aromatic N) is 2. The number of carbonyl (C=O) groups excluding carboxylic acids is 2. The van der Waals surface area contributed by atoms with E-state index < -0.39 is 5.41 Å². The van der Waals surface area contributed by atoms with E-state index in [0.29, 0.717) is 47.3 Å². The zero-order chi connectivity index (χ0) is 25.4. The first-order valence-electron chi connectivity index (χ1n) is 12.6. The molecule has 0 atom stereocenters. The average molecular weight is 500 g/mol. The van der Waals surface area contributed by atoms with Crippen LogP contribution in [0.5, 0.6) is 23.0 Å². The van der Waals surface area contributed by atoms with Crippen molar-refractivity contribution in [2.45, 2.75) is 31.7 Å². The molecule has 9 nitrogen and oxygen atoms in total. The second kappa shape index (κ2) is 9.40. The lowest BCUT2D eigenvalue weighted by atomic mass is 10.0. The first-order chi connectivity index (χ1) is 18.0. The molecule has 1 aliphatic carbocycles. The summed E-state index contributed by atoms with van der Waals surface area (Å²) in [5, 5.41) is 9.28. The Morgan fingerprint density at radius 3 is 2.57 bits per heavy atom. The highest BCUT2D eigenvalue weighted by Crippen LogP contribution is 2.48. The third-order valence-electron chi connectivity index (χ3n) is 7.23. The van der Waals surface area contributed by atoms with Crippen molar-refractivity contribution >= 4 is 29.0 Å². The van der Waals surface area contributed by atoms with Crippen LogP contribution in [0.1, 0.15) is 25.7 Å². The summed E-state index contributed by atoms with van der Waals surface area (Å²) >= 11 is 0. The molecular formula is C28H29N5O4. The minimum absolute atomic E-state index is 0.136. The summed E-state index contributed by atoms with van der Waals surface area (Å²) < 4.78 is 12.1. The van der Waals surface area contributed by atoms with Crippen molar-refractivity contribution in [1.82, 2.24) is 15.2 Å². The topological polar surface area (TPSA) is 105 Å². The van der Waals surface area contributed by atoms with Crippen molar-refractivity contribution in [1.29, 1.82) is 0 Å². The molecule has 3 heterocycles. The van der Waals surface area contributed by atoms with Gasteiger partial charge in [-0.05, 0) is 82.2 Å². The van der Waals surface area contributed by atoms with Gasteiger partial charge in [-0.1, -0.05) is 12.1 Å². The minimum atomic E-state index is -0.963. The fourth-order valence-electron chi connectivity index (χ4n) is 4.74. The van der Waals surface area contributed by atoms with Crippen LogP contribution in [0, 0.1) is 5.41 Å². The van der Waals surface area contributed by atoms with Crippen LogP contribution in [0.25, 0.3) is 0 Å². The van der Waals surface area contributed by atoms with Gasteiger partial charge in [0.2, 0.25) is 17.6 Å². The van der Waals surface area contributed by atoms with Gasteiger partial charge in [-0.15, -0.1) is 0 Å². The highest BCUT2D eigenvalue weighted by molar-refractivity contribution is 6.13. The molecule has 2 fully saturated rings. The van der Waals surface area contributed by atoms with Crippen LogP contribution in [-0.2, 0) is 9.59 Å². The molecule has 1 aromatic heterocycles. The molecule has 0 spiro atoms. The molecule has 9 heteroatoms. The van der Waals surface area contributed by atoms with E-state index in [1.165, 1.54) is 0 Å². The van der Waals surface area contributed by atoms with E-state index in [9.17, 15) is 9.59 Å². The Kier molecular flexibility index (Phi) is 5.92. The number of ether oxygens (including phenoxy) is 2. The Balaban J connectivity index is 1.09. The van der Waals surface area contributed by atoms with Crippen LogP contribution < -0.4 is 25.4 Å². The molecule has 2 aromatic carbocycles. The summed E-state index contributed by atoms with van der Waals surface area (Å²) in [5.74, 6) is 2.46. The standard InChI is InChI=1S/C28H29N5O4/c1-33-16-11-19(12-17-33)31-27(35)28(13-14-28)26(34)30-18-6-8-20(9-7-18)36-23-10-15-29-25-24(23)37-22-5-3-2-4-21(22)32-25/h2-10,15,19H,11-14,16-17H2,1H3,(H,29,32)(H,30,34)(H,31,35). The molecule has 0 radical (unpaired) electrons. The number of carbonyl (C=O) groups is 2. The number of piperidine rings is 1. The number of rotatable bonds is 6. The zero-order valence-corrected chi connectivity index (χ0v) is 20.6. The molecule has 2 amide bonds. The maximum absolute atomic E-state index is 13.0. The third-order valence-corrected chi connectivity index (χ3v) is 7.23. The first kappa shape index (κ1) is 23.3.